The molecule has 0 aliphatic heterocycles. The van der Waals surface area contributed by atoms with Gasteiger partial charge in [-0.2, -0.15) is 13.2 Å². The lowest BCUT2D eigenvalue weighted by Crippen LogP contribution is -2.29. The van der Waals surface area contributed by atoms with E-state index >= 15 is 0 Å². The molecule has 1 aromatic rings. The van der Waals surface area contributed by atoms with Crippen LogP contribution >= 0.6 is 0 Å². The molecule has 0 amide bonds. The number of alkyl halides is 3. The maximum Gasteiger partial charge on any atom is 0.417 e. The average Bonchev–Trinajstić information content (AvgIpc) is 2.31. The highest BCUT2D eigenvalue weighted by Gasteiger charge is 2.34. The summed E-state index contributed by atoms with van der Waals surface area (Å²) in [5, 5.41) is 7.34. The molecule has 1 fully saturated rings. The van der Waals surface area contributed by atoms with Gasteiger partial charge in [-0.25, -0.2) is 0 Å². The minimum atomic E-state index is -4.49. The minimum Gasteiger partial charge on any atom is -0.384 e. The van der Waals surface area contributed by atoms with Gasteiger partial charge in [0.05, 0.1) is 5.56 Å². The number of halogens is 3. The largest absolute Gasteiger partial charge is 0.417 e. The van der Waals surface area contributed by atoms with Crippen molar-refractivity contribution in [1.82, 2.24) is 0 Å². The van der Waals surface area contributed by atoms with Crippen LogP contribution in [0, 0.1) is 11.3 Å². The van der Waals surface area contributed by atoms with E-state index in [1.807, 2.05) is 11.9 Å². The molecule has 1 aliphatic rings. The van der Waals surface area contributed by atoms with E-state index < -0.39 is 17.6 Å². The molecule has 0 unspecified atom stereocenters. The van der Waals surface area contributed by atoms with Gasteiger partial charge in [0.2, 0.25) is 0 Å². The van der Waals surface area contributed by atoms with Crippen molar-refractivity contribution < 1.29 is 13.2 Å². The normalized spacial score (nSPS) is 15.8. The zero-order valence-corrected chi connectivity index (χ0v) is 11.3. The molecule has 0 bridgehead atoms. The molecule has 0 aromatic heterocycles. The number of nitrogens with one attached hydrogen (secondary N) is 1. The standard InChI is InChI=1S/C14H18F3N3/c1-20(8-9-3-2-4-9)10-5-6-12(14(15,16)17)11(7-10)13(18)19/h5-7,9H,2-4,8H2,1H3,(H3,18,19). The lowest BCUT2D eigenvalue weighted by molar-refractivity contribution is -0.137. The van der Waals surface area contributed by atoms with Crippen molar-refractivity contribution in [3.05, 3.63) is 29.3 Å². The van der Waals surface area contributed by atoms with Gasteiger partial charge in [0.1, 0.15) is 5.84 Å². The fourth-order valence-corrected chi connectivity index (χ4v) is 2.41. The maximum atomic E-state index is 12.8. The summed E-state index contributed by atoms with van der Waals surface area (Å²) in [5.74, 6) is 0.0549. The first-order valence-electron chi connectivity index (χ1n) is 6.56. The first kappa shape index (κ1) is 14.7. The molecular weight excluding hydrogens is 267 g/mol. The van der Waals surface area contributed by atoms with Crippen molar-refractivity contribution in [3.8, 4) is 0 Å². The second-order valence-electron chi connectivity index (χ2n) is 5.32. The van der Waals surface area contributed by atoms with Gasteiger partial charge in [-0.3, -0.25) is 5.41 Å². The van der Waals surface area contributed by atoms with E-state index in [1.54, 1.807) is 0 Å². The fraction of sp³-hybridized carbons (Fsp3) is 0.500. The van der Waals surface area contributed by atoms with Gasteiger partial charge >= 0.3 is 6.18 Å². The molecule has 1 aromatic carbocycles. The molecule has 20 heavy (non-hydrogen) atoms. The van der Waals surface area contributed by atoms with Crippen LogP contribution in [0.4, 0.5) is 18.9 Å². The van der Waals surface area contributed by atoms with Crippen LogP contribution in [-0.4, -0.2) is 19.4 Å². The molecule has 3 nitrogen and oxygen atoms in total. The van der Waals surface area contributed by atoms with E-state index in [9.17, 15) is 13.2 Å². The topological polar surface area (TPSA) is 53.1 Å². The van der Waals surface area contributed by atoms with Crippen LogP contribution < -0.4 is 10.6 Å². The average molecular weight is 285 g/mol. The molecular formula is C14H18F3N3. The molecule has 3 N–H and O–H groups in total. The molecule has 1 aliphatic carbocycles. The van der Waals surface area contributed by atoms with E-state index in [-0.39, 0.29) is 5.56 Å². The number of amidine groups is 1. The molecule has 0 heterocycles. The molecule has 2 rings (SSSR count). The number of hydrogen-bond acceptors (Lipinski definition) is 2. The van der Waals surface area contributed by atoms with Gasteiger partial charge < -0.3 is 10.6 Å². The Hall–Kier alpha value is -1.72. The molecule has 6 heteroatoms. The fourth-order valence-electron chi connectivity index (χ4n) is 2.41. The highest BCUT2D eigenvalue weighted by atomic mass is 19.4. The van der Waals surface area contributed by atoms with Crippen molar-refractivity contribution in [3.63, 3.8) is 0 Å². The Morgan fingerprint density at radius 3 is 2.50 bits per heavy atom. The van der Waals surface area contributed by atoms with Crippen molar-refractivity contribution in [2.24, 2.45) is 11.7 Å². The predicted octanol–water partition coefficient (Wildman–Crippen LogP) is 3.23. The third-order valence-corrected chi connectivity index (χ3v) is 3.80. The first-order chi connectivity index (χ1) is 9.29. The lowest BCUT2D eigenvalue weighted by atomic mass is 9.85. The second kappa shape index (κ2) is 5.34. The van der Waals surface area contributed by atoms with Gasteiger partial charge in [0, 0.05) is 24.8 Å². The van der Waals surface area contributed by atoms with Gasteiger partial charge in [-0.1, -0.05) is 6.42 Å². The number of nitrogen functional groups attached to an aromatic ring is 1. The summed E-state index contributed by atoms with van der Waals surface area (Å²) in [5.41, 5.74) is 4.84. The Morgan fingerprint density at radius 1 is 1.40 bits per heavy atom. The zero-order valence-electron chi connectivity index (χ0n) is 11.3. The summed E-state index contributed by atoms with van der Waals surface area (Å²) in [6.07, 6.45) is -0.925. The Balaban J connectivity index is 2.27. The number of rotatable bonds is 4. The van der Waals surface area contributed by atoms with Crippen molar-refractivity contribution >= 4 is 11.5 Å². The van der Waals surface area contributed by atoms with E-state index in [0.29, 0.717) is 11.6 Å². The Bertz CT molecular complexity index is 507. The van der Waals surface area contributed by atoms with Crippen molar-refractivity contribution in [1.29, 1.82) is 5.41 Å². The summed E-state index contributed by atoms with van der Waals surface area (Å²) in [7, 11) is 1.85. The van der Waals surface area contributed by atoms with E-state index in [1.165, 1.54) is 31.4 Å². The van der Waals surface area contributed by atoms with Gasteiger partial charge in [-0.15, -0.1) is 0 Å². The molecule has 0 atom stereocenters. The first-order valence-corrected chi connectivity index (χ1v) is 6.56. The zero-order chi connectivity index (χ0) is 14.9. The highest BCUT2D eigenvalue weighted by molar-refractivity contribution is 5.97. The smallest absolute Gasteiger partial charge is 0.384 e. The highest BCUT2D eigenvalue weighted by Crippen LogP contribution is 2.34. The SMILES string of the molecule is CN(CC1CCC1)c1ccc(C(F)(F)F)c(C(=N)N)c1. The molecule has 0 radical (unpaired) electrons. The predicted molar refractivity (Wildman–Crippen MR) is 73.1 cm³/mol. The third kappa shape index (κ3) is 3.05. The van der Waals surface area contributed by atoms with Crippen LogP contribution in [-0.2, 0) is 6.18 Å². The number of benzene rings is 1. The summed E-state index contributed by atoms with van der Waals surface area (Å²) in [4.78, 5) is 1.93. The van der Waals surface area contributed by atoms with Crippen LogP contribution in [0.1, 0.15) is 30.4 Å². The van der Waals surface area contributed by atoms with Gasteiger partial charge in [0.25, 0.3) is 0 Å². The number of nitrogens with two attached hydrogens (primary N) is 1. The molecule has 1 saturated carbocycles. The quantitative estimate of drug-likeness (QED) is 0.659. The summed E-state index contributed by atoms with van der Waals surface area (Å²) >= 11 is 0. The summed E-state index contributed by atoms with van der Waals surface area (Å²) < 4.78 is 38.5. The number of anilines is 1. The van der Waals surface area contributed by atoms with Gasteiger partial charge in [0.15, 0.2) is 0 Å². The summed E-state index contributed by atoms with van der Waals surface area (Å²) in [6, 6.07) is 3.79. The van der Waals surface area contributed by atoms with E-state index in [0.717, 1.165) is 12.6 Å². The van der Waals surface area contributed by atoms with Crippen molar-refractivity contribution in [2.75, 3.05) is 18.5 Å². The van der Waals surface area contributed by atoms with Crippen LogP contribution in [0.25, 0.3) is 0 Å². The van der Waals surface area contributed by atoms with Crippen LogP contribution in [0.5, 0.6) is 0 Å². The van der Waals surface area contributed by atoms with Crippen LogP contribution in [0.2, 0.25) is 0 Å². The lowest BCUT2D eigenvalue weighted by Gasteiger charge is -2.31. The number of nitrogens with zero attached hydrogens (tertiary/aromatic N) is 1. The molecule has 0 spiro atoms. The van der Waals surface area contributed by atoms with Crippen LogP contribution in [0.15, 0.2) is 18.2 Å². The molecule has 0 saturated heterocycles. The Morgan fingerprint density at radius 2 is 2.05 bits per heavy atom. The second-order valence-corrected chi connectivity index (χ2v) is 5.32. The van der Waals surface area contributed by atoms with Gasteiger partial charge in [-0.05, 0) is 37.0 Å². The van der Waals surface area contributed by atoms with E-state index in [4.69, 9.17) is 11.1 Å². The molecule has 110 valence electrons. The van der Waals surface area contributed by atoms with E-state index in [2.05, 4.69) is 0 Å². The maximum absolute atomic E-state index is 12.8. The minimum absolute atomic E-state index is 0.254. The summed E-state index contributed by atoms with van der Waals surface area (Å²) in [6.45, 7) is 0.822. The monoisotopic (exact) mass is 285 g/mol. The van der Waals surface area contributed by atoms with Crippen LogP contribution in [0.3, 0.4) is 0 Å². The third-order valence-electron chi connectivity index (χ3n) is 3.80. The Labute approximate surface area is 116 Å². The number of hydrogen-bond donors (Lipinski definition) is 2. The van der Waals surface area contributed by atoms with Crippen molar-refractivity contribution in [2.45, 2.75) is 25.4 Å². The Kier molecular flexibility index (Phi) is 3.92.